The number of carboxylic acid groups (broad SMARTS) is 1. The minimum atomic E-state index is -1.43. The number of carboxylic acids is 1. The van der Waals surface area contributed by atoms with Crippen LogP contribution in [0.4, 0.5) is 4.79 Å². The van der Waals surface area contributed by atoms with E-state index in [4.69, 9.17) is 9.47 Å². The molecule has 5 atom stereocenters. The zero-order valence-corrected chi connectivity index (χ0v) is 27.8. The molecule has 3 heterocycles. The molecule has 0 unspecified atom stereocenters. The van der Waals surface area contributed by atoms with E-state index in [0.717, 1.165) is 30.6 Å². The number of alkyl carbamates (subject to hydrolysis) is 1. The molecule has 48 heavy (non-hydrogen) atoms. The summed E-state index contributed by atoms with van der Waals surface area (Å²) in [5, 5.41) is 28.7. The van der Waals surface area contributed by atoms with Gasteiger partial charge in [0.2, 0.25) is 17.6 Å². The van der Waals surface area contributed by atoms with Gasteiger partial charge in [0.25, 0.3) is 0 Å². The molecule has 4 aliphatic rings. The number of aliphatic carboxylic acids is 1. The number of hydrogen-bond donors (Lipinski definition) is 3. The number of hydrogen-bond acceptors (Lipinski definition) is 9. The third-order valence-electron chi connectivity index (χ3n) is 9.38. The molecule has 2 aliphatic heterocycles. The van der Waals surface area contributed by atoms with Gasteiger partial charge in [-0.15, -0.1) is 10.2 Å². The lowest BCUT2D eigenvalue weighted by Crippen LogP contribution is -2.56. The molecule has 2 aromatic rings. The molecule has 258 valence electrons. The normalized spacial score (nSPS) is 28.6. The highest BCUT2D eigenvalue weighted by atomic mass is 16.6. The summed E-state index contributed by atoms with van der Waals surface area (Å²) in [5.74, 6) is -0.681. The van der Waals surface area contributed by atoms with Gasteiger partial charge in [0.1, 0.15) is 29.0 Å². The Hall–Kier alpha value is -4.49. The van der Waals surface area contributed by atoms with E-state index in [1.165, 1.54) is 22.5 Å². The maximum atomic E-state index is 14.2. The van der Waals surface area contributed by atoms with Gasteiger partial charge < -0.3 is 30.1 Å². The van der Waals surface area contributed by atoms with Crippen LogP contribution in [0.2, 0.25) is 0 Å². The Balaban J connectivity index is 1.24. The Morgan fingerprint density at radius 2 is 1.88 bits per heavy atom. The number of nitrogens with one attached hydrogen (secondary N) is 2. The topological polar surface area (TPSA) is 178 Å². The highest BCUT2D eigenvalue weighted by Gasteiger charge is 2.61. The highest BCUT2D eigenvalue weighted by Crippen LogP contribution is 2.45. The lowest BCUT2D eigenvalue weighted by molar-refractivity contribution is -0.145. The van der Waals surface area contributed by atoms with E-state index in [9.17, 15) is 24.3 Å². The smallest absolute Gasteiger partial charge is 0.408 e. The van der Waals surface area contributed by atoms with Crippen LogP contribution in [0.5, 0.6) is 5.75 Å². The molecular formula is C34H45N7O7. The Bertz CT molecular complexity index is 1550. The van der Waals surface area contributed by atoms with Gasteiger partial charge in [0.05, 0.1) is 12.6 Å². The van der Waals surface area contributed by atoms with E-state index < -0.39 is 53.1 Å². The van der Waals surface area contributed by atoms with Crippen molar-refractivity contribution in [1.29, 1.82) is 0 Å². The monoisotopic (exact) mass is 663 g/mol. The van der Waals surface area contributed by atoms with Gasteiger partial charge in [-0.2, -0.15) is 4.80 Å². The van der Waals surface area contributed by atoms with Crippen molar-refractivity contribution in [3.8, 4) is 17.1 Å². The summed E-state index contributed by atoms with van der Waals surface area (Å²) < 4.78 is 11.3. The Kier molecular flexibility index (Phi) is 9.44. The van der Waals surface area contributed by atoms with Gasteiger partial charge in [-0.1, -0.05) is 25.0 Å². The second kappa shape index (κ2) is 13.6. The van der Waals surface area contributed by atoms with Crippen LogP contribution in [-0.2, 0) is 19.1 Å². The van der Waals surface area contributed by atoms with E-state index in [0.29, 0.717) is 31.2 Å². The SMILES string of the molecule is CC(C)(C)OC(=O)N[C@H]1CCCCC/C=C\[C@@H]2C[C@]2(C(=O)O)NC(=O)[C@@H]2C[C@H](n3nnc(-c4ccc(OCC5CC5)cc4)n3)CN2C1=O. The molecule has 3 N–H and O–H groups in total. The van der Waals surface area contributed by atoms with Crippen molar-refractivity contribution in [1.82, 2.24) is 35.7 Å². The summed E-state index contributed by atoms with van der Waals surface area (Å²) in [5.41, 5.74) is -1.46. The highest BCUT2D eigenvalue weighted by molar-refractivity contribution is 5.96. The fourth-order valence-corrected chi connectivity index (χ4v) is 6.39. The van der Waals surface area contributed by atoms with Gasteiger partial charge in [0, 0.05) is 24.4 Å². The first-order valence-electron chi connectivity index (χ1n) is 17.0. The summed E-state index contributed by atoms with van der Waals surface area (Å²) in [6, 6.07) is 4.96. The number of rotatable bonds is 7. The maximum Gasteiger partial charge on any atom is 0.408 e. The number of carbonyl (C=O) groups excluding carboxylic acids is 3. The zero-order chi connectivity index (χ0) is 34.1. The largest absolute Gasteiger partial charge is 0.493 e. The summed E-state index contributed by atoms with van der Waals surface area (Å²) in [6.07, 6.45) is 9.34. The zero-order valence-electron chi connectivity index (χ0n) is 27.8. The van der Waals surface area contributed by atoms with Crippen LogP contribution in [0.3, 0.4) is 0 Å². The van der Waals surface area contributed by atoms with Gasteiger partial charge in [-0.05, 0) is 94.7 Å². The van der Waals surface area contributed by atoms with Crippen molar-refractivity contribution >= 4 is 23.9 Å². The number of tetrazole rings is 1. The number of amides is 3. The van der Waals surface area contributed by atoms with Gasteiger partial charge in [0.15, 0.2) is 0 Å². The Labute approximate surface area is 279 Å². The lowest BCUT2D eigenvalue weighted by Gasteiger charge is -2.30. The standard InChI is InChI=1S/C34H45N7O7/c1-33(2,3)48-32(46)35-26-10-8-6-4-5-7-9-23-18-34(23,31(44)45)36-29(42)27-17-24(19-40(27)30(26)43)41-38-28(37-39-41)22-13-15-25(16-14-22)47-20-21-11-12-21/h7,9,13-16,21,23-24,26-27H,4-6,8,10-12,17-20H2,1-3H3,(H,35,46)(H,36,42)(H,44,45)/b9-7-/t23-,24+,26+,27+,34+/m1/s1. The average Bonchev–Trinajstić information content (AvgIpc) is 3.87. The van der Waals surface area contributed by atoms with E-state index in [-0.39, 0.29) is 25.3 Å². The third-order valence-corrected chi connectivity index (χ3v) is 9.38. The van der Waals surface area contributed by atoms with Crippen LogP contribution < -0.4 is 15.4 Å². The minimum absolute atomic E-state index is 0.0660. The number of fused-ring (bicyclic) bond motifs is 2. The molecule has 1 aromatic heterocycles. The molecule has 2 saturated carbocycles. The maximum absolute atomic E-state index is 14.2. The van der Waals surface area contributed by atoms with E-state index in [2.05, 4.69) is 26.0 Å². The molecule has 3 amide bonds. The molecule has 14 heteroatoms. The molecule has 0 spiro atoms. The van der Waals surface area contributed by atoms with Crippen molar-refractivity contribution in [3.05, 3.63) is 36.4 Å². The quantitative estimate of drug-likeness (QED) is 0.371. The Morgan fingerprint density at radius 1 is 1.10 bits per heavy atom. The number of allylic oxidation sites excluding steroid dienone is 1. The fourth-order valence-electron chi connectivity index (χ4n) is 6.39. The number of nitrogens with zero attached hydrogens (tertiary/aromatic N) is 5. The molecule has 1 aromatic carbocycles. The van der Waals surface area contributed by atoms with Crippen molar-refractivity contribution in [2.45, 2.75) is 108 Å². The van der Waals surface area contributed by atoms with Gasteiger partial charge in [-0.25, -0.2) is 9.59 Å². The summed E-state index contributed by atoms with van der Waals surface area (Å²) in [6.45, 7) is 5.99. The second-order valence-electron chi connectivity index (χ2n) is 14.4. The molecule has 2 aliphatic carbocycles. The molecule has 3 fully saturated rings. The van der Waals surface area contributed by atoms with E-state index in [1.54, 1.807) is 20.8 Å². The van der Waals surface area contributed by atoms with Crippen LogP contribution in [0.25, 0.3) is 11.4 Å². The van der Waals surface area contributed by atoms with Crippen molar-refractivity contribution in [3.63, 3.8) is 0 Å². The van der Waals surface area contributed by atoms with Crippen LogP contribution in [-0.4, -0.2) is 90.5 Å². The van der Waals surface area contributed by atoms with Crippen LogP contribution in [0.1, 0.15) is 84.6 Å². The fraction of sp³-hybridized carbons (Fsp3) is 0.618. The lowest BCUT2D eigenvalue weighted by atomic mass is 10.0. The molecule has 0 radical (unpaired) electrons. The predicted molar refractivity (Wildman–Crippen MR) is 173 cm³/mol. The van der Waals surface area contributed by atoms with Crippen molar-refractivity contribution < 1.29 is 33.8 Å². The van der Waals surface area contributed by atoms with E-state index in [1.807, 2.05) is 36.4 Å². The summed E-state index contributed by atoms with van der Waals surface area (Å²) in [7, 11) is 0. The number of carbonyl (C=O) groups is 4. The first-order valence-corrected chi connectivity index (χ1v) is 17.0. The Morgan fingerprint density at radius 3 is 2.58 bits per heavy atom. The van der Waals surface area contributed by atoms with Crippen LogP contribution in [0.15, 0.2) is 36.4 Å². The van der Waals surface area contributed by atoms with Crippen LogP contribution >= 0.6 is 0 Å². The molecular weight excluding hydrogens is 618 g/mol. The van der Waals surface area contributed by atoms with Crippen LogP contribution in [0, 0.1) is 11.8 Å². The first-order chi connectivity index (χ1) is 22.9. The number of ether oxygens (including phenoxy) is 2. The van der Waals surface area contributed by atoms with Gasteiger partial charge in [-0.3, -0.25) is 9.59 Å². The van der Waals surface area contributed by atoms with Crippen molar-refractivity contribution in [2.24, 2.45) is 11.8 Å². The summed E-state index contributed by atoms with van der Waals surface area (Å²) in [4.78, 5) is 56.2. The van der Waals surface area contributed by atoms with Crippen molar-refractivity contribution in [2.75, 3.05) is 13.2 Å². The average molecular weight is 664 g/mol. The second-order valence-corrected chi connectivity index (χ2v) is 14.4. The minimum Gasteiger partial charge on any atom is -0.493 e. The molecule has 0 bridgehead atoms. The number of benzene rings is 1. The number of aromatic nitrogens is 4. The molecule has 1 saturated heterocycles. The molecule has 14 nitrogen and oxygen atoms in total. The molecule has 6 rings (SSSR count). The van der Waals surface area contributed by atoms with Gasteiger partial charge >= 0.3 is 12.1 Å². The van der Waals surface area contributed by atoms with E-state index >= 15 is 0 Å². The summed E-state index contributed by atoms with van der Waals surface area (Å²) >= 11 is 0. The predicted octanol–water partition coefficient (Wildman–Crippen LogP) is 3.64. The third kappa shape index (κ3) is 7.79. The first kappa shape index (κ1) is 33.4.